The highest BCUT2D eigenvalue weighted by Gasteiger charge is 2.16. The van der Waals surface area contributed by atoms with Gasteiger partial charge in [0.1, 0.15) is 11.6 Å². The van der Waals surface area contributed by atoms with Gasteiger partial charge in [-0.3, -0.25) is 0 Å². The summed E-state index contributed by atoms with van der Waals surface area (Å²) in [6, 6.07) is 1.39. The van der Waals surface area contributed by atoms with E-state index in [0.29, 0.717) is 5.56 Å². The lowest BCUT2D eigenvalue weighted by Gasteiger charge is -2.10. The molecule has 1 N–H and O–H groups in total. The van der Waals surface area contributed by atoms with Crippen LogP contribution in [0.3, 0.4) is 0 Å². The highest BCUT2D eigenvalue weighted by Crippen LogP contribution is 2.25. The normalized spacial score (nSPS) is 13.0. The van der Waals surface area contributed by atoms with Crippen molar-refractivity contribution in [3.8, 4) is 0 Å². The van der Waals surface area contributed by atoms with Crippen LogP contribution in [0.4, 0.5) is 8.78 Å². The average molecular weight is 265 g/mol. The molecule has 1 unspecified atom stereocenters. The zero-order valence-corrected chi connectivity index (χ0v) is 9.53. The van der Waals surface area contributed by atoms with Crippen molar-refractivity contribution < 1.29 is 13.9 Å². The van der Waals surface area contributed by atoms with Crippen LogP contribution in [0.1, 0.15) is 18.1 Å². The first-order chi connectivity index (χ1) is 6.43. The van der Waals surface area contributed by atoms with Gasteiger partial charge in [0, 0.05) is 12.0 Å². The Morgan fingerprint density at radius 1 is 1.43 bits per heavy atom. The molecule has 0 aliphatic heterocycles. The molecule has 0 radical (unpaired) electrons. The van der Waals surface area contributed by atoms with Gasteiger partial charge in [0.15, 0.2) is 0 Å². The molecular weight excluding hydrogens is 254 g/mol. The molecule has 0 bridgehead atoms. The Morgan fingerprint density at radius 3 is 2.50 bits per heavy atom. The Balaban J connectivity index is 3.25. The van der Waals surface area contributed by atoms with Gasteiger partial charge in [0.05, 0.1) is 10.6 Å². The molecule has 1 rings (SSSR count). The van der Waals surface area contributed by atoms with E-state index in [1.54, 1.807) is 6.92 Å². The first-order valence-electron chi connectivity index (χ1n) is 4.24. The molecule has 1 atom stereocenters. The molecule has 0 aliphatic carbocycles. The summed E-state index contributed by atoms with van der Waals surface area (Å²) in [7, 11) is 0. The van der Waals surface area contributed by atoms with Gasteiger partial charge in [-0.1, -0.05) is 0 Å². The largest absolute Gasteiger partial charge is 0.393 e. The maximum absolute atomic E-state index is 13.4. The van der Waals surface area contributed by atoms with Crippen molar-refractivity contribution in [1.29, 1.82) is 0 Å². The number of aliphatic hydroxyl groups excluding tert-OH is 1. The van der Waals surface area contributed by atoms with Crippen LogP contribution in [0.5, 0.6) is 0 Å². The minimum absolute atomic E-state index is 0.0159. The minimum Gasteiger partial charge on any atom is -0.393 e. The zero-order valence-electron chi connectivity index (χ0n) is 7.94. The van der Waals surface area contributed by atoms with E-state index < -0.39 is 17.7 Å². The molecule has 0 amide bonds. The zero-order chi connectivity index (χ0) is 10.9. The molecule has 0 aliphatic rings. The number of benzene rings is 1. The standard InChI is InChI=1S/C10H11BrF2O/c1-5-3-8(11)10(13)7(9(5)12)4-6(2)14/h3,6,14H,4H2,1-2H3. The minimum atomic E-state index is -0.757. The molecular formula is C10H11BrF2O. The van der Waals surface area contributed by atoms with Crippen LogP contribution >= 0.6 is 15.9 Å². The van der Waals surface area contributed by atoms with Gasteiger partial charge in [-0.15, -0.1) is 0 Å². The topological polar surface area (TPSA) is 20.2 Å². The van der Waals surface area contributed by atoms with E-state index in [0.717, 1.165) is 0 Å². The maximum Gasteiger partial charge on any atom is 0.143 e. The molecule has 4 heteroatoms. The van der Waals surface area contributed by atoms with Gasteiger partial charge < -0.3 is 5.11 Å². The Morgan fingerprint density at radius 2 is 2.00 bits per heavy atom. The molecule has 0 spiro atoms. The van der Waals surface area contributed by atoms with E-state index in [4.69, 9.17) is 5.11 Å². The van der Waals surface area contributed by atoms with E-state index in [2.05, 4.69) is 15.9 Å². The first-order valence-corrected chi connectivity index (χ1v) is 5.03. The number of rotatable bonds is 2. The van der Waals surface area contributed by atoms with Crippen LogP contribution in [0.15, 0.2) is 10.5 Å². The highest BCUT2D eigenvalue weighted by atomic mass is 79.9. The second-order valence-electron chi connectivity index (χ2n) is 3.33. The fraction of sp³-hybridized carbons (Fsp3) is 0.400. The molecule has 0 fully saturated rings. The van der Waals surface area contributed by atoms with Crippen molar-refractivity contribution in [2.24, 2.45) is 0 Å². The molecule has 1 aromatic carbocycles. The van der Waals surface area contributed by atoms with E-state index in [1.165, 1.54) is 13.0 Å². The molecule has 0 saturated carbocycles. The lowest BCUT2D eigenvalue weighted by molar-refractivity contribution is 0.192. The van der Waals surface area contributed by atoms with E-state index in [9.17, 15) is 8.78 Å². The second-order valence-corrected chi connectivity index (χ2v) is 4.19. The van der Waals surface area contributed by atoms with Crippen LogP contribution in [-0.2, 0) is 6.42 Å². The summed E-state index contributed by atoms with van der Waals surface area (Å²) in [6.07, 6.45) is -0.773. The third-order valence-electron chi connectivity index (χ3n) is 1.93. The Kier molecular flexibility index (Phi) is 3.61. The maximum atomic E-state index is 13.4. The van der Waals surface area contributed by atoms with Crippen molar-refractivity contribution in [2.45, 2.75) is 26.4 Å². The fourth-order valence-corrected chi connectivity index (χ4v) is 1.85. The quantitative estimate of drug-likeness (QED) is 0.815. The summed E-state index contributed by atoms with van der Waals surface area (Å²) in [5, 5.41) is 9.09. The SMILES string of the molecule is Cc1cc(Br)c(F)c(CC(C)O)c1F. The van der Waals surface area contributed by atoms with Gasteiger partial charge in [-0.25, -0.2) is 8.78 Å². The molecule has 78 valence electrons. The monoisotopic (exact) mass is 264 g/mol. The number of hydrogen-bond donors (Lipinski definition) is 1. The summed E-state index contributed by atoms with van der Waals surface area (Å²) in [5.74, 6) is -1.21. The van der Waals surface area contributed by atoms with Crippen LogP contribution < -0.4 is 0 Å². The molecule has 1 aromatic rings. The lowest BCUT2D eigenvalue weighted by atomic mass is 10.0. The predicted octanol–water partition coefficient (Wildman–Crippen LogP) is 2.96. The third kappa shape index (κ3) is 2.30. The fourth-order valence-electron chi connectivity index (χ4n) is 1.27. The molecule has 1 nitrogen and oxygen atoms in total. The Hall–Kier alpha value is -0.480. The van der Waals surface area contributed by atoms with Crippen LogP contribution in [-0.4, -0.2) is 11.2 Å². The average Bonchev–Trinajstić information content (AvgIpc) is 2.09. The molecule has 0 heterocycles. The van der Waals surface area contributed by atoms with E-state index in [-0.39, 0.29) is 16.5 Å². The van der Waals surface area contributed by atoms with Gasteiger partial charge in [0.25, 0.3) is 0 Å². The van der Waals surface area contributed by atoms with Crippen molar-refractivity contribution in [3.63, 3.8) is 0 Å². The van der Waals surface area contributed by atoms with Crippen molar-refractivity contribution in [2.75, 3.05) is 0 Å². The van der Waals surface area contributed by atoms with Gasteiger partial charge in [-0.05, 0) is 41.4 Å². The van der Waals surface area contributed by atoms with Crippen LogP contribution in [0.2, 0.25) is 0 Å². The van der Waals surface area contributed by atoms with Crippen molar-refractivity contribution in [3.05, 3.63) is 33.3 Å². The lowest BCUT2D eigenvalue weighted by Crippen LogP contribution is -2.09. The molecule has 0 aromatic heterocycles. The number of aliphatic hydroxyl groups is 1. The van der Waals surface area contributed by atoms with Crippen LogP contribution in [0.25, 0.3) is 0 Å². The number of halogens is 3. The Bertz CT molecular complexity index is 324. The number of hydrogen-bond acceptors (Lipinski definition) is 1. The van der Waals surface area contributed by atoms with Gasteiger partial charge in [-0.2, -0.15) is 0 Å². The summed E-state index contributed by atoms with van der Waals surface area (Å²) < 4.78 is 27.1. The molecule has 0 saturated heterocycles. The first kappa shape index (κ1) is 11.6. The smallest absolute Gasteiger partial charge is 0.143 e. The molecule has 14 heavy (non-hydrogen) atoms. The summed E-state index contributed by atoms with van der Waals surface area (Å²) in [4.78, 5) is 0. The van der Waals surface area contributed by atoms with Crippen LogP contribution in [0, 0.1) is 18.6 Å². The van der Waals surface area contributed by atoms with Gasteiger partial charge in [0.2, 0.25) is 0 Å². The van der Waals surface area contributed by atoms with E-state index in [1.807, 2.05) is 0 Å². The highest BCUT2D eigenvalue weighted by molar-refractivity contribution is 9.10. The summed E-state index contributed by atoms with van der Waals surface area (Å²) in [5.41, 5.74) is 0.306. The van der Waals surface area contributed by atoms with Gasteiger partial charge >= 0.3 is 0 Å². The van der Waals surface area contributed by atoms with Crippen molar-refractivity contribution in [1.82, 2.24) is 0 Å². The number of aryl methyl sites for hydroxylation is 1. The summed E-state index contributed by atoms with van der Waals surface area (Å²) in [6.45, 7) is 3.06. The second kappa shape index (κ2) is 4.36. The Labute approximate surface area is 89.9 Å². The van der Waals surface area contributed by atoms with Crippen molar-refractivity contribution >= 4 is 15.9 Å². The third-order valence-corrected chi connectivity index (χ3v) is 2.51. The predicted molar refractivity (Wildman–Crippen MR) is 54.2 cm³/mol. The van der Waals surface area contributed by atoms with E-state index >= 15 is 0 Å². The summed E-state index contributed by atoms with van der Waals surface area (Å²) >= 11 is 3.00.